The number of pyridine rings is 1. The molecule has 1 aromatic heterocycles. The number of hydrogen-bond donors (Lipinski definition) is 1. The molecule has 7 heteroatoms. The first-order chi connectivity index (χ1) is 10.1. The van der Waals surface area contributed by atoms with Gasteiger partial charge in [-0.25, -0.2) is 0 Å². The first-order valence-corrected chi connectivity index (χ1v) is 7.46. The van der Waals surface area contributed by atoms with Gasteiger partial charge in [0.05, 0.1) is 18.1 Å². The number of aromatic nitrogens is 1. The molecule has 114 valence electrons. The third kappa shape index (κ3) is 3.59. The smallest absolute Gasteiger partial charge is 0.255 e. The average Bonchev–Trinajstić information content (AvgIpc) is 2.90. The van der Waals surface area contributed by atoms with Gasteiger partial charge in [-0.3, -0.25) is 14.6 Å². The molecule has 2 atom stereocenters. The fraction of sp³-hybridized carbons (Fsp3) is 0.500. The van der Waals surface area contributed by atoms with E-state index in [1.54, 1.807) is 31.3 Å². The molecular formula is C14H18BrN3O3. The lowest BCUT2D eigenvalue weighted by Crippen LogP contribution is -2.34. The van der Waals surface area contributed by atoms with Gasteiger partial charge in [0.1, 0.15) is 0 Å². The van der Waals surface area contributed by atoms with Gasteiger partial charge in [0.2, 0.25) is 5.91 Å². The van der Waals surface area contributed by atoms with Gasteiger partial charge in [-0.2, -0.15) is 0 Å². The summed E-state index contributed by atoms with van der Waals surface area (Å²) in [6.07, 6.45) is 3.16. The SMILES string of the molecule is CNC(=O)[C@@H]1CN(C(=O)c2cncc(Br)c2)C[C@H]1COC. The maximum Gasteiger partial charge on any atom is 0.255 e. The Balaban J connectivity index is 2.14. The van der Waals surface area contributed by atoms with Crippen molar-refractivity contribution in [3.8, 4) is 0 Å². The first kappa shape index (κ1) is 15.9. The van der Waals surface area contributed by atoms with Crippen LogP contribution in [-0.4, -0.2) is 55.6 Å². The molecule has 1 aliphatic rings. The van der Waals surface area contributed by atoms with E-state index in [-0.39, 0.29) is 23.7 Å². The molecular weight excluding hydrogens is 338 g/mol. The quantitative estimate of drug-likeness (QED) is 0.871. The Morgan fingerprint density at radius 3 is 2.86 bits per heavy atom. The van der Waals surface area contributed by atoms with Crippen molar-refractivity contribution in [2.24, 2.45) is 11.8 Å². The Bertz CT molecular complexity index is 538. The van der Waals surface area contributed by atoms with Crippen LogP contribution in [0.25, 0.3) is 0 Å². The molecule has 1 N–H and O–H groups in total. The number of nitrogens with zero attached hydrogens (tertiary/aromatic N) is 2. The van der Waals surface area contributed by atoms with E-state index in [4.69, 9.17) is 4.74 Å². The zero-order valence-corrected chi connectivity index (χ0v) is 13.6. The molecule has 21 heavy (non-hydrogen) atoms. The maximum absolute atomic E-state index is 12.5. The van der Waals surface area contributed by atoms with Crippen LogP contribution in [0.4, 0.5) is 0 Å². The Morgan fingerprint density at radius 2 is 2.24 bits per heavy atom. The summed E-state index contributed by atoms with van der Waals surface area (Å²) in [6, 6.07) is 1.73. The van der Waals surface area contributed by atoms with Crippen LogP contribution in [0.2, 0.25) is 0 Å². The van der Waals surface area contributed by atoms with Gasteiger partial charge in [0.15, 0.2) is 0 Å². The molecule has 1 saturated heterocycles. The zero-order valence-electron chi connectivity index (χ0n) is 12.0. The van der Waals surface area contributed by atoms with Crippen molar-refractivity contribution < 1.29 is 14.3 Å². The molecule has 0 aromatic carbocycles. The molecule has 0 radical (unpaired) electrons. The van der Waals surface area contributed by atoms with Crippen molar-refractivity contribution in [2.45, 2.75) is 0 Å². The molecule has 1 aromatic rings. The Labute approximate surface area is 132 Å². The number of amides is 2. The number of carbonyl (C=O) groups excluding carboxylic acids is 2. The topological polar surface area (TPSA) is 71.5 Å². The van der Waals surface area contributed by atoms with E-state index in [1.807, 2.05) is 0 Å². The van der Waals surface area contributed by atoms with Crippen LogP contribution < -0.4 is 5.32 Å². The fourth-order valence-corrected chi connectivity index (χ4v) is 2.98. The molecule has 0 bridgehead atoms. The first-order valence-electron chi connectivity index (χ1n) is 6.67. The van der Waals surface area contributed by atoms with E-state index < -0.39 is 0 Å². The van der Waals surface area contributed by atoms with E-state index in [9.17, 15) is 9.59 Å². The second-order valence-corrected chi connectivity index (χ2v) is 5.95. The zero-order chi connectivity index (χ0) is 15.4. The lowest BCUT2D eigenvalue weighted by atomic mass is 9.96. The van der Waals surface area contributed by atoms with Gasteiger partial charge < -0.3 is 15.0 Å². The number of likely N-dealkylation sites (tertiary alicyclic amines) is 1. The minimum Gasteiger partial charge on any atom is -0.384 e. The maximum atomic E-state index is 12.5. The summed E-state index contributed by atoms with van der Waals surface area (Å²) >= 11 is 3.30. The third-order valence-corrected chi connectivity index (χ3v) is 4.08. The summed E-state index contributed by atoms with van der Waals surface area (Å²) in [6.45, 7) is 1.37. The van der Waals surface area contributed by atoms with Crippen LogP contribution in [0.15, 0.2) is 22.9 Å². The van der Waals surface area contributed by atoms with Crippen LogP contribution in [-0.2, 0) is 9.53 Å². The highest BCUT2D eigenvalue weighted by atomic mass is 79.9. The summed E-state index contributed by atoms with van der Waals surface area (Å²) in [7, 11) is 3.21. The van der Waals surface area contributed by atoms with Crippen LogP contribution in [0.5, 0.6) is 0 Å². The van der Waals surface area contributed by atoms with E-state index in [1.165, 1.54) is 6.20 Å². The van der Waals surface area contributed by atoms with Crippen molar-refractivity contribution in [3.05, 3.63) is 28.5 Å². The molecule has 2 heterocycles. The predicted molar refractivity (Wildman–Crippen MR) is 80.8 cm³/mol. The summed E-state index contributed by atoms with van der Waals surface area (Å²) < 4.78 is 5.92. The van der Waals surface area contributed by atoms with Crippen molar-refractivity contribution >= 4 is 27.7 Å². The molecule has 0 spiro atoms. The molecule has 0 aliphatic carbocycles. The highest BCUT2D eigenvalue weighted by Gasteiger charge is 2.39. The summed E-state index contributed by atoms with van der Waals surface area (Å²) in [5.74, 6) is -0.394. The standard InChI is InChI=1S/C14H18BrN3O3/c1-16-13(19)12-7-18(6-10(12)8-21-2)14(20)9-3-11(15)5-17-4-9/h3-5,10,12H,6-8H2,1-2H3,(H,16,19)/t10-,12+/m0/s1. The molecule has 2 amide bonds. The van der Waals surface area contributed by atoms with Crippen molar-refractivity contribution in [3.63, 3.8) is 0 Å². The number of ether oxygens (including phenoxy) is 1. The normalized spacial score (nSPS) is 21.4. The van der Waals surface area contributed by atoms with Crippen LogP contribution in [0.3, 0.4) is 0 Å². The minimum absolute atomic E-state index is 0.0130. The van der Waals surface area contributed by atoms with Gasteiger partial charge in [-0.1, -0.05) is 0 Å². The number of nitrogens with one attached hydrogen (secondary N) is 1. The highest BCUT2D eigenvalue weighted by Crippen LogP contribution is 2.26. The predicted octanol–water partition coefficient (Wildman–Crippen LogP) is 0.925. The number of rotatable bonds is 4. The largest absolute Gasteiger partial charge is 0.384 e. The van der Waals surface area contributed by atoms with Crippen LogP contribution >= 0.6 is 15.9 Å². The van der Waals surface area contributed by atoms with Crippen molar-refractivity contribution in [1.82, 2.24) is 15.2 Å². The second-order valence-electron chi connectivity index (χ2n) is 5.04. The van der Waals surface area contributed by atoms with Gasteiger partial charge in [0, 0.05) is 50.0 Å². The van der Waals surface area contributed by atoms with E-state index in [2.05, 4.69) is 26.2 Å². The lowest BCUT2D eigenvalue weighted by Gasteiger charge is -2.16. The Hall–Kier alpha value is -1.47. The third-order valence-electron chi connectivity index (χ3n) is 3.64. The molecule has 1 aliphatic heterocycles. The molecule has 0 unspecified atom stereocenters. The van der Waals surface area contributed by atoms with Crippen molar-refractivity contribution in [2.75, 3.05) is 33.9 Å². The second kappa shape index (κ2) is 7.00. The molecule has 2 rings (SSSR count). The highest BCUT2D eigenvalue weighted by molar-refractivity contribution is 9.10. The number of methoxy groups -OCH3 is 1. The van der Waals surface area contributed by atoms with Gasteiger partial charge >= 0.3 is 0 Å². The van der Waals surface area contributed by atoms with Crippen molar-refractivity contribution in [1.29, 1.82) is 0 Å². The molecule has 6 nitrogen and oxygen atoms in total. The van der Waals surface area contributed by atoms with Gasteiger partial charge in [0.25, 0.3) is 5.91 Å². The van der Waals surface area contributed by atoms with Crippen LogP contribution in [0, 0.1) is 11.8 Å². The molecule has 1 fully saturated rings. The Morgan fingerprint density at radius 1 is 1.48 bits per heavy atom. The Kier molecular flexibility index (Phi) is 5.30. The summed E-state index contributed by atoms with van der Waals surface area (Å²) in [4.78, 5) is 30.1. The minimum atomic E-state index is -0.237. The number of hydrogen-bond acceptors (Lipinski definition) is 4. The van der Waals surface area contributed by atoms with Gasteiger partial charge in [-0.15, -0.1) is 0 Å². The van der Waals surface area contributed by atoms with E-state index >= 15 is 0 Å². The lowest BCUT2D eigenvalue weighted by molar-refractivity contribution is -0.125. The van der Waals surface area contributed by atoms with E-state index in [0.29, 0.717) is 25.3 Å². The average molecular weight is 356 g/mol. The van der Waals surface area contributed by atoms with Crippen LogP contribution in [0.1, 0.15) is 10.4 Å². The number of halogens is 1. The van der Waals surface area contributed by atoms with Gasteiger partial charge in [-0.05, 0) is 22.0 Å². The summed E-state index contributed by atoms with van der Waals surface area (Å²) in [5.41, 5.74) is 0.512. The fourth-order valence-electron chi connectivity index (χ4n) is 2.61. The van der Waals surface area contributed by atoms with E-state index in [0.717, 1.165) is 4.47 Å². The summed E-state index contributed by atoms with van der Waals surface area (Å²) in [5, 5.41) is 2.65. The monoisotopic (exact) mass is 355 g/mol. The number of carbonyl (C=O) groups is 2. The molecule has 0 saturated carbocycles.